The summed E-state index contributed by atoms with van der Waals surface area (Å²) in [5, 5.41) is 11.3. The highest BCUT2D eigenvalue weighted by atomic mass is 32.2. The first kappa shape index (κ1) is 22.0. The monoisotopic (exact) mass is 419 g/mol. The summed E-state index contributed by atoms with van der Waals surface area (Å²) in [5.41, 5.74) is 0.809. The third-order valence-corrected chi connectivity index (χ3v) is 5.33. The summed E-state index contributed by atoms with van der Waals surface area (Å²) in [6.07, 6.45) is -1.22. The van der Waals surface area contributed by atoms with Crippen molar-refractivity contribution < 1.29 is 27.1 Å². The maximum absolute atomic E-state index is 13.7. The normalized spacial score (nSPS) is 13.0. The van der Waals surface area contributed by atoms with E-state index in [-0.39, 0.29) is 0 Å². The van der Waals surface area contributed by atoms with Crippen molar-refractivity contribution >= 4 is 27.6 Å². The van der Waals surface area contributed by atoms with Crippen LogP contribution >= 0.6 is 0 Å². The molecular formula is C19H18FN3O5S. The van der Waals surface area contributed by atoms with Crippen molar-refractivity contribution in [1.29, 1.82) is 5.26 Å². The molecule has 0 fully saturated rings. The molecule has 0 saturated carbocycles. The van der Waals surface area contributed by atoms with Crippen molar-refractivity contribution in [3.63, 3.8) is 0 Å². The van der Waals surface area contributed by atoms with E-state index < -0.39 is 44.8 Å². The summed E-state index contributed by atoms with van der Waals surface area (Å²) < 4.78 is 45.1. The first-order chi connectivity index (χ1) is 13.6. The molecule has 2 aromatic carbocycles. The fraction of sp³-hybridized carbons (Fsp3) is 0.211. The molecule has 0 unspecified atom stereocenters. The van der Waals surface area contributed by atoms with Crippen LogP contribution in [0.2, 0.25) is 0 Å². The number of nitrogens with one attached hydrogen (secondary N) is 2. The van der Waals surface area contributed by atoms with E-state index in [1.165, 1.54) is 50.2 Å². The predicted molar refractivity (Wildman–Crippen MR) is 102 cm³/mol. The van der Waals surface area contributed by atoms with Crippen molar-refractivity contribution in [3.05, 3.63) is 59.9 Å². The molecule has 2 atom stereocenters. The Balaban J connectivity index is 1.96. The van der Waals surface area contributed by atoms with Crippen molar-refractivity contribution in [2.45, 2.75) is 30.9 Å². The van der Waals surface area contributed by atoms with Crippen LogP contribution in [-0.2, 0) is 24.3 Å². The third-order valence-electron chi connectivity index (χ3n) is 3.76. The Labute approximate surface area is 167 Å². The van der Waals surface area contributed by atoms with Crippen LogP contribution in [0.1, 0.15) is 19.4 Å². The molecule has 2 N–H and O–H groups in total. The highest BCUT2D eigenvalue weighted by molar-refractivity contribution is 7.89. The molecule has 0 aliphatic carbocycles. The number of amides is 1. The molecule has 8 nitrogen and oxygen atoms in total. The quantitative estimate of drug-likeness (QED) is 0.661. The number of rotatable bonds is 7. The molecule has 10 heteroatoms. The Hall–Kier alpha value is -3.29. The predicted octanol–water partition coefficient (Wildman–Crippen LogP) is 1.93. The molecule has 0 bridgehead atoms. The number of sulfonamides is 1. The minimum absolute atomic E-state index is 0.394. The van der Waals surface area contributed by atoms with Crippen molar-refractivity contribution in [2.75, 3.05) is 5.32 Å². The summed E-state index contributed by atoms with van der Waals surface area (Å²) in [4.78, 5) is 23.7. The van der Waals surface area contributed by atoms with Gasteiger partial charge in [-0.1, -0.05) is 12.1 Å². The van der Waals surface area contributed by atoms with E-state index in [2.05, 4.69) is 5.32 Å². The minimum atomic E-state index is -4.30. The van der Waals surface area contributed by atoms with Crippen LogP contribution in [0.5, 0.6) is 0 Å². The number of ether oxygens (including phenoxy) is 1. The van der Waals surface area contributed by atoms with Crippen LogP contribution in [0, 0.1) is 17.1 Å². The largest absolute Gasteiger partial charge is 0.451 e. The van der Waals surface area contributed by atoms with Gasteiger partial charge < -0.3 is 10.1 Å². The Bertz CT molecular complexity index is 1050. The zero-order chi connectivity index (χ0) is 21.6. The maximum Gasteiger partial charge on any atom is 0.324 e. The number of hydrogen-bond acceptors (Lipinski definition) is 6. The van der Waals surface area contributed by atoms with E-state index in [0.717, 1.165) is 12.1 Å². The zero-order valence-electron chi connectivity index (χ0n) is 15.5. The lowest BCUT2D eigenvalue weighted by atomic mass is 10.2. The van der Waals surface area contributed by atoms with E-state index in [1.54, 1.807) is 0 Å². The molecule has 0 aliphatic rings. The number of hydrogen-bond donors (Lipinski definition) is 2. The van der Waals surface area contributed by atoms with Crippen LogP contribution in [-0.4, -0.2) is 32.4 Å². The lowest BCUT2D eigenvalue weighted by molar-refractivity contribution is -0.154. The van der Waals surface area contributed by atoms with Crippen LogP contribution in [0.3, 0.4) is 0 Å². The molecular weight excluding hydrogens is 401 g/mol. The smallest absolute Gasteiger partial charge is 0.324 e. The van der Waals surface area contributed by atoms with Gasteiger partial charge in [-0.25, -0.2) is 12.8 Å². The van der Waals surface area contributed by atoms with Gasteiger partial charge in [0.05, 0.1) is 11.6 Å². The fourth-order valence-corrected chi connectivity index (χ4v) is 3.48. The standard InChI is InChI=1S/C19H18FN3O5S/c1-12(23-29(26,27)17-6-4-3-5-16(17)20)19(25)28-13(2)18(24)22-15-9-7-14(11-21)8-10-15/h3-10,12-13,23H,1-2H3,(H,22,24)/t12-,13-/m1/s1. The van der Waals surface area contributed by atoms with Gasteiger partial charge in [0.1, 0.15) is 16.8 Å². The summed E-state index contributed by atoms with van der Waals surface area (Å²) in [6.45, 7) is 2.53. The van der Waals surface area contributed by atoms with Gasteiger partial charge >= 0.3 is 5.97 Å². The fourth-order valence-electron chi connectivity index (χ4n) is 2.21. The number of nitriles is 1. The highest BCUT2D eigenvalue weighted by Gasteiger charge is 2.27. The number of carbonyl (C=O) groups excluding carboxylic acids is 2. The maximum atomic E-state index is 13.7. The number of esters is 1. The van der Waals surface area contributed by atoms with Gasteiger partial charge in [0.2, 0.25) is 10.0 Å². The molecule has 0 spiro atoms. The third kappa shape index (κ3) is 5.84. The molecule has 2 rings (SSSR count). The lowest BCUT2D eigenvalue weighted by Crippen LogP contribution is -2.42. The summed E-state index contributed by atoms with van der Waals surface area (Å²) in [6, 6.07) is 11.3. The Kier molecular flexibility index (Phi) is 7.03. The zero-order valence-corrected chi connectivity index (χ0v) is 16.4. The number of benzene rings is 2. The van der Waals surface area contributed by atoms with E-state index in [1.807, 2.05) is 10.8 Å². The Morgan fingerprint density at radius 2 is 1.72 bits per heavy atom. The van der Waals surface area contributed by atoms with E-state index in [0.29, 0.717) is 11.3 Å². The van der Waals surface area contributed by atoms with Crippen LogP contribution < -0.4 is 10.0 Å². The molecule has 0 saturated heterocycles. The molecule has 0 heterocycles. The van der Waals surface area contributed by atoms with Crippen LogP contribution in [0.4, 0.5) is 10.1 Å². The lowest BCUT2D eigenvalue weighted by Gasteiger charge is -2.18. The minimum Gasteiger partial charge on any atom is -0.451 e. The molecule has 152 valence electrons. The first-order valence-corrected chi connectivity index (χ1v) is 9.90. The molecule has 1 amide bonds. The molecule has 0 aliphatic heterocycles. The van der Waals surface area contributed by atoms with E-state index in [4.69, 9.17) is 10.00 Å². The average molecular weight is 419 g/mol. The van der Waals surface area contributed by atoms with Crippen LogP contribution in [0.15, 0.2) is 53.4 Å². The van der Waals surface area contributed by atoms with Gasteiger partial charge in [-0.05, 0) is 50.2 Å². The number of carbonyl (C=O) groups is 2. The highest BCUT2D eigenvalue weighted by Crippen LogP contribution is 2.14. The van der Waals surface area contributed by atoms with Crippen LogP contribution in [0.25, 0.3) is 0 Å². The second kappa shape index (κ2) is 9.27. The second-order valence-corrected chi connectivity index (χ2v) is 7.71. The molecule has 29 heavy (non-hydrogen) atoms. The van der Waals surface area contributed by atoms with Crippen molar-refractivity contribution in [3.8, 4) is 6.07 Å². The number of halogens is 1. The first-order valence-electron chi connectivity index (χ1n) is 8.42. The summed E-state index contributed by atoms with van der Waals surface area (Å²) >= 11 is 0. The van der Waals surface area contributed by atoms with Gasteiger partial charge in [-0.15, -0.1) is 0 Å². The molecule has 0 aromatic heterocycles. The van der Waals surface area contributed by atoms with Gasteiger partial charge in [-0.2, -0.15) is 9.98 Å². The Morgan fingerprint density at radius 3 is 2.31 bits per heavy atom. The summed E-state index contributed by atoms with van der Waals surface area (Å²) in [5.74, 6) is -2.62. The number of nitrogens with zero attached hydrogens (tertiary/aromatic N) is 1. The summed E-state index contributed by atoms with van der Waals surface area (Å²) in [7, 11) is -4.30. The molecule has 0 radical (unpaired) electrons. The van der Waals surface area contributed by atoms with Gasteiger partial charge in [0, 0.05) is 5.69 Å². The van der Waals surface area contributed by atoms with Gasteiger partial charge in [0.25, 0.3) is 5.91 Å². The SMILES string of the molecule is C[C@@H](NS(=O)(=O)c1ccccc1F)C(=O)O[C@H](C)C(=O)Nc1ccc(C#N)cc1. The van der Waals surface area contributed by atoms with Crippen molar-refractivity contribution in [1.82, 2.24) is 4.72 Å². The number of anilines is 1. The van der Waals surface area contributed by atoms with Gasteiger partial charge in [-0.3, -0.25) is 9.59 Å². The topological polar surface area (TPSA) is 125 Å². The van der Waals surface area contributed by atoms with E-state index in [9.17, 15) is 22.4 Å². The average Bonchev–Trinajstić information content (AvgIpc) is 2.68. The Morgan fingerprint density at radius 1 is 1.10 bits per heavy atom. The second-order valence-electron chi connectivity index (χ2n) is 6.03. The molecule has 2 aromatic rings. The van der Waals surface area contributed by atoms with E-state index >= 15 is 0 Å². The van der Waals surface area contributed by atoms with Crippen molar-refractivity contribution in [2.24, 2.45) is 0 Å². The van der Waals surface area contributed by atoms with Gasteiger partial charge in [0.15, 0.2) is 6.10 Å².